The second kappa shape index (κ2) is 6.92. The molecule has 0 spiro atoms. The van der Waals surface area contributed by atoms with Crippen LogP contribution in [0.3, 0.4) is 0 Å². The Morgan fingerprint density at radius 2 is 1.87 bits per heavy atom. The molecule has 0 atom stereocenters. The van der Waals surface area contributed by atoms with Crippen LogP contribution in [-0.4, -0.2) is 47.4 Å². The van der Waals surface area contributed by atoms with Crippen molar-refractivity contribution < 1.29 is 4.79 Å². The second-order valence-electron chi connectivity index (χ2n) is 6.22. The lowest BCUT2D eigenvalue weighted by Crippen LogP contribution is -2.45. The Bertz CT molecular complexity index is 691. The predicted octanol–water partition coefficient (Wildman–Crippen LogP) is 2.64. The number of hydrogen-bond donors (Lipinski definition) is 0. The molecule has 0 radical (unpaired) electrons. The first-order valence-corrected chi connectivity index (χ1v) is 8.11. The van der Waals surface area contributed by atoms with E-state index in [9.17, 15) is 4.79 Å². The Hall–Kier alpha value is -2.20. The van der Waals surface area contributed by atoms with Crippen LogP contribution in [0, 0.1) is 13.8 Å². The molecule has 0 aliphatic carbocycles. The normalized spacial score (nSPS) is 15.7. The van der Waals surface area contributed by atoms with Crippen molar-refractivity contribution in [3.8, 4) is 11.3 Å². The number of piperazine rings is 1. The van der Waals surface area contributed by atoms with Gasteiger partial charge >= 0.3 is 0 Å². The lowest BCUT2D eigenvalue weighted by Gasteiger charge is -2.32. The number of rotatable bonds is 4. The van der Waals surface area contributed by atoms with Gasteiger partial charge in [-0.25, -0.2) is 0 Å². The minimum Gasteiger partial charge on any atom is -0.343 e. The highest BCUT2D eigenvalue weighted by atomic mass is 16.1. The van der Waals surface area contributed by atoms with Crippen molar-refractivity contribution in [2.24, 2.45) is 0 Å². The number of pyridine rings is 1. The molecule has 4 heteroatoms. The molecule has 23 heavy (non-hydrogen) atoms. The highest BCUT2D eigenvalue weighted by Gasteiger charge is 2.16. The molecule has 0 N–H and O–H groups in total. The molecule has 4 nitrogen and oxygen atoms in total. The summed E-state index contributed by atoms with van der Waals surface area (Å²) in [5, 5.41) is 0. The summed E-state index contributed by atoms with van der Waals surface area (Å²) in [6, 6.07) is 12.7. The third-order valence-electron chi connectivity index (χ3n) is 4.48. The molecule has 120 valence electrons. The quantitative estimate of drug-likeness (QED) is 0.815. The number of nitrogens with zero attached hydrogens (tertiary/aromatic N) is 3. The third-order valence-corrected chi connectivity index (χ3v) is 4.48. The first kappa shape index (κ1) is 15.7. The Morgan fingerprint density at radius 3 is 2.52 bits per heavy atom. The van der Waals surface area contributed by atoms with Crippen molar-refractivity contribution in [3.63, 3.8) is 0 Å². The van der Waals surface area contributed by atoms with E-state index in [4.69, 9.17) is 0 Å². The first-order valence-electron chi connectivity index (χ1n) is 8.11. The fourth-order valence-corrected chi connectivity index (χ4v) is 3.00. The van der Waals surface area contributed by atoms with E-state index in [0.29, 0.717) is 0 Å². The number of carbonyl (C=O) groups is 1. The summed E-state index contributed by atoms with van der Waals surface area (Å²) in [4.78, 5) is 19.6. The Balaban J connectivity index is 1.71. The standard InChI is InChI=1S/C19H23N3O/c1-15-12-17(19-5-3-4-16(2)20-19)6-7-18(15)13-21-8-10-22(14-23)11-9-21/h3-7,12,14H,8-11,13H2,1-2H3. The van der Waals surface area contributed by atoms with Gasteiger partial charge in [0.1, 0.15) is 0 Å². The molecule has 1 aromatic heterocycles. The maximum absolute atomic E-state index is 10.8. The molecule has 1 aliphatic heterocycles. The number of hydrogen-bond acceptors (Lipinski definition) is 3. The van der Waals surface area contributed by atoms with Crippen LogP contribution in [0.5, 0.6) is 0 Å². The SMILES string of the molecule is Cc1cccc(-c2ccc(CN3CCN(C=O)CC3)c(C)c2)n1. The number of amides is 1. The van der Waals surface area contributed by atoms with Crippen molar-refractivity contribution in [2.45, 2.75) is 20.4 Å². The average molecular weight is 309 g/mol. The van der Waals surface area contributed by atoms with Gasteiger partial charge in [-0.15, -0.1) is 0 Å². The van der Waals surface area contributed by atoms with Crippen LogP contribution in [0.1, 0.15) is 16.8 Å². The molecule has 2 aromatic rings. The molecule has 1 amide bonds. The lowest BCUT2D eigenvalue weighted by atomic mass is 10.0. The minimum atomic E-state index is 0.827. The van der Waals surface area contributed by atoms with Gasteiger partial charge in [0.2, 0.25) is 6.41 Å². The van der Waals surface area contributed by atoms with Crippen molar-refractivity contribution in [1.29, 1.82) is 0 Å². The summed E-state index contributed by atoms with van der Waals surface area (Å²) in [6.07, 6.45) is 0.951. The van der Waals surface area contributed by atoms with E-state index in [0.717, 1.165) is 50.5 Å². The zero-order valence-electron chi connectivity index (χ0n) is 13.8. The van der Waals surface area contributed by atoms with Gasteiger partial charge in [-0.2, -0.15) is 0 Å². The summed E-state index contributed by atoms with van der Waals surface area (Å²) in [6.45, 7) is 8.67. The number of aryl methyl sites for hydroxylation is 2. The van der Waals surface area contributed by atoms with Crippen LogP contribution in [0.25, 0.3) is 11.3 Å². The molecule has 1 aliphatic rings. The van der Waals surface area contributed by atoms with E-state index in [1.54, 1.807) is 0 Å². The maximum Gasteiger partial charge on any atom is 0.209 e. The molecule has 1 aromatic carbocycles. The molecule has 1 saturated heterocycles. The van der Waals surface area contributed by atoms with E-state index in [-0.39, 0.29) is 0 Å². The highest BCUT2D eigenvalue weighted by molar-refractivity contribution is 5.61. The molecule has 1 fully saturated rings. The van der Waals surface area contributed by atoms with E-state index >= 15 is 0 Å². The van der Waals surface area contributed by atoms with E-state index in [1.807, 2.05) is 24.0 Å². The summed E-state index contributed by atoms with van der Waals surface area (Å²) in [5.41, 5.74) is 5.88. The van der Waals surface area contributed by atoms with Gasteiger partial charge in [0.05, 0.1) is 5.69 Å². The number of aromatic nitrogens is 1. The Kier molecular flexibility index (Phi) is 4.72. The molecule has 3 rings (SSSR count). The number of benzene rings is 1. The summed E-state index contributed by atoms with van der Waals surface area (Å²) in [5.74, 6) is 0. The topological polar surface area (TPSA) is 36.4 Å². The monoisotopic (exact) mass is 309 g/mol. The number of carbonyl (C=O) groups excluding carboxylic acids is 1. The van der Waals surface area contributed by atoms with Crippen LogP contribution in [0.15, 0.2) is 36.4 Å². The third kappa shape index (κ3) is 3.77. The van der Waals surface area contributed by atoms with Gasteiger partial charge < -0.3 is 4.90 Å². The fraction of sp³-hybridized carbons (Fsp3) is 0.368. The highest BCUT2D eigenvalue weighted by Crippen LogP contribution is 2.22. The van der Waals surface area contributed by atoms with E-state index in [2.05, 4.69) is 41.1 Å². The van der Waals surface area contributed by atoms with Gasteiger partial charge in [-0.05, 0) is 43.2 Å². The Morgan fingerprint density at radius 1 is 1.09 bits per heavy atom. The van der Waals surface area contributed by atoms with Gasteiger partial charge in [-0.3, -0.25) is 14.7 Å². The summed E-state index contributed by atoms with van der Waals surface area (Å²) in [7, 11) is 0. The molecule has 2 heterocycles. The van der Waals surface area contributed by atoms with Crippen molar-refractivity contribution in [2.75, 3.05) is 26.2 Å². The van der Waals surface area contributed by atoms with E-state index < -0.39 is 0 Å². The lowest BCUT2D eigenvalue weighted by molar-refractivity contribution is -0.119. The first-order chi connectivity index (χ1) is 11.2. The van der Waals surface area contributed by atoms with Crippen LogP contribution in [-0.2, 0) is 11.3 Å². The van der Waals surface area contributed by atoms with Crippen LogP contribution in [0.2, 0.25) is 0 Å². The van der Waals surface area contributed by atoms with Crippen LogP contribution < -0.4 is 0 Å². The largest absolute Gasteiger partial charge is 0.343 e. The minimum absolute atomic E-state index is 0.827. The molecular weight excluding hydrogens is 286 g/mol. The van der Waals surface area contributed by atoms with Crippen LogP contribution >= 0.6 is 0 Å². The van der Waals surface area contributed by atoms with E-state index in [1.165, 1.54) is 16.7 Å². The van der Waals surface area contributed by atoms with Crippen molar-refractivity contribution in [3.05, 3.63) is 53.2 Å². The fourth-order valence-electron chi connectivity index (χ4n) is 3.00. The van der Waals surface area contributed by atoms with Gasteiger partial charge in [0, 0.05) is 44.0 Å². The van der Waals surface area contributed by atoms with Crippen molar-refractivity contribution in [1.82, 2.24) is 14.8 Å². The summed E-state index contributed by atoms with van der Waals surface area (Å²) >= 11 is 0. The zero-order valence-corrected chi connectivity index (χ0v) is 13.8. The molecule has 0 bridgehead atoms. The Labute approximate surface area is 137 Å². The molecule has 0 unspecified atom stereocenters. The molecular formula is C19H23N3O. The zero-order chi connectivity index (χ0) is 16.2. The van der Waals surface area contributed by atoms with Gasteiger partial charge in [-0.1, -0.05) is 18.2 Å². The van der Waals surface area contributed by atoms with Crippen molar-refractivity contribution >= 4 is 6.41 Å². The van der Waals surface area contributed by atoms with Crippen LogP contribution in [0.4, 0.5) is 0 Å². The molecule has 0 saturated carbocycles. The smallest absolute Gasteiger partial charge is 0.209 e. The summed E-state index contributed by atoms with van der Waals surface area (Å²) < 4.78 is 0. The predicted molar refractivity (Wildman–Crippen MR) is 92.1 cm³/mol. The maximum atomic E-state index is 10.8. The second-order valence-corrected chi connectivity index (χ2v) is 6.22. The average Bonchev–Trinajstić information content (AvgIpc) is 2.57. The van der Waals surface area contributed by atoms with Gasteiger partial charge in [0.25, 0.3) is 0 Å². The van der Waals surface area contributed by atoms with Gasteiger partial charge in [0.15, 0.2) is 0 Å².